The smallest absolute Gasteiger partial charge is 0.235 e. The standard InChI is InChI=1S/C24H27N3O3S/c1-16(17-10-12-18(30-2)13-11-17)27-23(29)19-7-3-4-8-20(19)24(27)31-15-22(28)26-21-9-5-6-14-25-21/h5-6,9-14,16,29H,3-4,7-8,15H2,1-2H3,(H,25,26,28)/t16-/m0/s1. The number of methoxy groups -OCH3 is 1. The largest absolute Gasteiger partial charge is 0.497 e. The normalized spacial score (nSPS) is 14.0. The van der Waals surface area contributed by atoms with E-state index in [0.717, 1.165) is 47.6 Å². The minimum absolute atomic E-state index is 0.0714. The average molecular weight is 438 g/mol. The van der Waals surface area contributed by atoms with Crippen molar-refractivity contribution in [3.63, 3.8) is 0 Å². The van der Waals surface area contributed by atoms with Gasteiger partial charge in [-0.25, -0.2) is 4.98 Å². The van der Waals surface area contributed by atoms with Crippen molar-refractivity contribution in [2.75, 3.05) is 18.2 Å². The molecule has 4 rings (SSSR count). The highest BCUT2D eigenvalue weighted by molar-refractivity contribution is 8.00. The molecule has 1 amide bonds. The molecule has 0 radical (unpaired) electrons. The van der Waals surface area contributed by atoms with Gasteiger partial charge < -0.3 is 15.2 Å². The molecule has 162 valence electrons. The molecule has 1 aromatic carbocycles. The van der Waals surface area contributed by atoms with Gasteiger partial charge in [-0.3, -0.25) is 9.36 Å². The molecule has 0 saturated carbocycles. The van der Waals surface area contributed by atoms with Crippen molar-refractivity contribution < 1.29 is 14.6 Å². The summed E-state index contributed by atoms with van der Waals surface area (Å²) in [7, 11) is 1.65. The van der Waals surface area contributed by atoms with Crippen LogP contribution in [0.15, 0.2) is 53.7 Å². The number of carbonyl (C=O) groups is 1. The Balaban J connectivity index is 1.60. The van der Waals surface area contributed by atoms with Gasteiger partial charge in [0, 0.05) is 11.8 Å². The van der Waals surface area contributed by atoms with Crippen LogP contribution in [0.3, 0.4) is 0 Å². The van der Waals surface area contributed by atoms with E-state index in [1.807, 2.05) is 41.0 Å². The number of hydrogen-bond donors (Lipinski definition) is 2. The van der Waals surface area contributed by atoms with E-state index in [2.05, 4.69) is 17.2 Å². The minimum atomic E-state index is -0.113. The van der Waals surface area contributed by atoms with Crippen LogP contribution in [-0.4, -0.2) is 33.4 Å². The number of nitrogens with one attached hydrogen (secondary N) is 1. The Morgan fingerprint density at radius 1 is 1.19 bits per heavy atom. The summed E-state index contributed by atoms with van der Waals surface area (Å²) in [5.74, 6) is 1.80. The molecule has 31 heavy (non-hydrogen) atoms. The summed E-state index contributed by atoms with van der Waals surface area (Å²) in [6, 6.07) is 13.2. The Morgan fingerprint density at radius 2 is 1.94 bits per heavy atom. The highest BCUT2D eigenvalue weighted by atomic mass is 32.2. The third-order valence-electron chi connectivity index (χ3n) is 5.70. The monoisotopic (exact) mass is 437 g/mol. The highest BCUT2D eigenvalue weighted by Gasteiger charge is 2.28. The van der Waals surface area contributed by atoms with Crippen LogP contribution in [0.5, 0.6) is 11.6 Å². The fourth-order valence-corrected chi connectivity index (χ4v) is 5.20. The predicted molar refractivity (Wildman–Crippen MR) is 123 cm³/mol. The molecule has 7 heteroatoms. The van der Waals surface area contributed by atoms with Crippen LogP contribution in [-0.2, 0) is 17.6 Å². The number of hydrogen-bond acceptors (Lipinski definition) is 5. The predicted octanol–water partition coefficient (Wildman–Crippen LogP) is 4.82. The number of fused-ring (bicyclic) bond motifs is 1. The summed E-state index contributed by atoms with van der Waals surface area (Å²) in [5, 5.41) is 14.9. The molecule has 0 aliphatic heterocycles. The summed E-state index contributed by atoms with van der Waals surface area (Å²) in [6.45, 7) is 2.07. The molecule has 1 aliphatic carbocycles. The van der Waals surface area contributed by atoms with Gasteiger partial charge in [-0.05, 0) is 68.0 Å². The fraction of sp³-hybridized carbons (Fsp3) is 0.333. The van der Waals surface area contributed by atoms with Gasteiger partial charge in [0.1, 0.15) is 11.6 Å². The number of benzene rings is 1. The Bertz CT molecular complexity index is 1050. The van der Waals surface area contributed by atoms with E-state index in [-0.39, 0.29) is 17.7 Å². The summed E-state index contributed by atoms with van der Waals surface area (Å²) in [6.07, 6.45) is 5.62. The number of ether oxygens (including phenoxy) is 1. The zero-order chi connectivity index (χ0) is 21.8. The van der Waals surface area contributed by atoms with Crippen molar-refractivity contribution in [2.45, 2.75) is 43.7 Å². The van der Waals surface area contributed by atoms with Crippen LogP contribution in [0.25, 0.3) is 0 Å². The Morgan fingerprint density at radius 3 is 2.61 bits per heavy atom. The van der Waals surface area contributed by atoms with Gasteiger partial charge in [-0.2, -0.15) is 0 Å². The van der Waals surface area contributed by atoms with Crippen LogP contribution in [0, 0.1) is 0 Å². The number of aromatic hydroxyl groups is 1. The van der Waals surface area contributed by atoms with E-state index in [9.17, 15) is 9.90 Å². The number of rotatable bonds is 7. The third kappa shape index (κ3) is 4.56. The van der Waals surface area contributed by atoms with Crippen LogP contribution in [0.4, 0.5) is 5.82 Å². The topological polar surface area (TPSA) is 76.4 Å². The van der Waals surface area contributed by atoms with Crippen LogP contribution in [0.2, 0.25) is 0 Å². The van der Waals surface area contributed by atoms with Gasteiger partial charge in [0.25, 0.3) is 0 Å². The van der Waals surface area contributed by atoms with Gasteiger partial charge in [-0.1, -0.05) is 30.0 Å². The van der Waals surface area contributed by atoms with Crippen molar-refractivity contribution in [3.05, 3.63) is 65.4 Å². The lowest BCUT2D eigenvalue weighted by Gasteiger charge is -2.20. The number of thioether (sulfide) groups is 1. The van der Waals surface area contributed by atoms with Crippen LogP contribution in [0.1, 0.15) is 42.5 Å². The van der Waals surface area contributed by atoms with Gasteiger partial charge in [0.05, 0.1) is 23.9 Å². The van der Waals surface area contributed by atoms with E-state index in [4.69, 9.17) is 4.74 Å². The number of pyridine rings is 1. The molecule has 0 unspecified atom stereocenters. The third-order valence-corrected chi connectivity index (χ3v) is 6.82. The van der Waals surface area contributed by atoms with Crippen molar-refractivity contribution in [2.24, 2.45) is 0 Å². The molecule has 6 nitrogen and oxygen atoms in total. The molecule has 1 atom stereocenters. The molecule has 0 fully saturated rings. The summed E-state index contributed by atoms with van der Waals surface area (Å²) < 4.78 is 7.25. The Labute approximate surface area is 186 Å². The Kier molecular flexibility index (Phi) is 6.51. The quantitative estimate of drug-likeness (QED) is 0.519. The maximum atomic E-state index is 12.5. The van der Waals surface area contributed by atoms with Gasteiger partial charge in [0.2, 0.25) is 5.91 Å². The number of carbonyl (C=O) groups excluding carboxylic acids is 1. The zero-order valence-corrected chi connectivity index (χ0v) is 18.6. The van der Waals surface area contributed by atoms with Crippen molar-refractivity contribution in [3.8, 4) is 11.6 Å². The van der Waals surface area contributed by atoms with E-state index in [1.54, 1.807) is 19.4 Å². The molecule has 1 aliphatic rings. The lowest BCUT2D eigenvalue weighted by Crippen LogP contribution is -2.16. The molecule has 2 N–H and O–H groups in total. The second-order valence-electron chi connectivity index (χ2n) is 7.66. The number of anilines is 1. The fourth-order valence-electron chi connectivity index (χ4n) is 4.07. The minimum Gasteiger partial charge on any atom is -0.497 e. The summed E-state index contributed by atoms with van der Waals surface area (Å²) in [4.78, 5) is 16.7. The van der Waals surface area contributed by atoms with Crippen LogP contribution >= 0.6 is 11.8 Å². The van der Waals surface area contributed by atoms with Gasteiger partial charge >= 0.3 is 0 Å². The van der Waals surface area contributed by atoms with E-state index >= 15 is 0 Å². The second-order valence-corrected chi connectivity index (χ2v) is 8.63. The van der Waals surface area contributed by atoms with Crippen molar-refractivity contribution in [1.82, 2.24) is 9.55 Å². The lowest BCUT2D eigenvalue weighted by molar-refractivity contribution is -0.113. The maximum absolute atomic E-state index is 12.5. The van der Waals surface area contributed by atoms with Gasteiger partial charge in [-0.15, -0.1) is 0 Å². The van der Waals surface area contributed by atoms with Crippen molar-refractivity contribution >= 4 is 23.5 Å². The maximum Gasteiger partial charge on any atom is 0.235 e. The molecule has 2 heterocycles. The first-order valence-corrected chi connectivity index (χ1v) is 11.5. The zero-order valence-electron chi connectivity index (χ0n) is 17.8. The molecule has 0 spiro atoms. The molecule has 2 aromatic heterocycles. The average Bonchev–Trinajstić information content (AvgIpc) is 3.09. The first kappa shape index (κ1) is 21.3. The van der Waals surface area contributed by atoms with Gasteiger partial charge in [0.15, 0.2) is 5.88 Å². The Hall–Kier alpha value is -2.93. The number of nitrogens with zero attached hydrogens (tertiary/aromatic N) is 2. The molecular formula is C24H27N3O3S. The second kappa shape index (κ2) is 9.47. The first-order chi connectivity index (χ1) is 15.1. The molecule has 0 saturated heterocycles. The first-order valence-electron chi connectivity index (χ1n) is 10.5. The number of aromatic nitrogens is 2. The number of amides is 1. The van der Waals surface area contributed by atoms with E-state index in [0.29, 0.717) is 11.7 Å². The van der Waals surface area contributed by atoms with Crippen molar-refractivity contribution in [1.29, 1.82) is 0 Å². The van der Waals surface area contributed by atoms with E-state index in [1.165, 1.54) is 17.3 Å². The SMILES string of the molecule is COc1ccc([C@H](C)n2c(O)c3c(c2SCC(=O)Nc2ccccn2)CCCC3)cc1. The summed E-state index contributed by atoms with van der Waals surface area (Å²) >= 11 is 1.48. The highest BCUT2D eigenvalue weighted by Crippen LogP contribution is 2.43. The lowest BCUT2D eigenvalue weighted by atomic mass is 9.95. The summed E-state index contributed by atoms with van der Waals surface area (Å²) in [5.41, 5.74) is 3.28. The van der Waals surface area contributed by atoms with E-state index < -0.39 is 0 Å². The molecular weight excluding hydrogens is 410 g/mol. The van der Waals surface area contributed by atoms with Crippen LogP contribution < -0.4 is 10.1 Å². The molecule has 0 bridgehead atoms. The molecule has 3 aromatic rings.